The quantitative estimate of drug-likeness (QED) is 0.834. The Bertz CT molecular complexity index is 439. The number of amides is 1. The van der Waals surface area contributed by atoms with Gasteiger partial charge in [0.1, 0.15) is 11.9 Å². The van der Waals surface area contributed by atoms with Gasteiger partial charge in [-0.15, -0.1) is 0 Å². The molecule has 1 aromatic carbocycles. The number of hydrogen-bond donors (Lipinski definition) is 1. The average Bonchev–Trinajstić information content (AvgIpc) is 2.69. The van der Waals surface area contributed by atoms with Crippen molar-refractivity contribution in [3.63, 3.8) is 0 Å². The largest absolute Gasteiger partial charge is 0.365 e. The van der Waals surface area contributed by atoms with Crippen LogP contribution in [0.25, 0.3) is 0 Å². The van der Waals surface area contributed by atoms with Crippen LogP contribution in [0.3, 0.4) is 0 Å². The van der Waals surface area contributed by atoms with Gasteiger partial charge in [-0.05, 0) is 60.6 Å². The van der Waals surface area contributed by atoms with Crippen LogP contribution >= 0.6 is 22.6 Å². The van der Waals surface area contributed by atoms with E-state index in [9.17, 15) is 9.18 Å². The number of rotatable bonds is 2. The number of benzene rings is 1. The molecular weight excluding hydrogens is 336 g/mol. The van der Waals surface area contributed by atoms with Crippen molar-refractivity contribution in [3.8, 4) is 0 Å². The third-order valence-corrected chi connectivity index (χ3v) is 3.61. The molecule has 92 valence electrons. The van der Waals surface area contributed by atoms with E-state index in [1.807, 2.05) is 29.5 Å². The molecule has 0 spiro atoms. The van der Waals surface area contributed by atoms with Gasteiger partial charge in [-0.25, -0.2) is 4.39 Å². The smallest absolute Gasteiger partial charge is 0.253 e. The lowest BCUT2D eigenvalue weighted by atomic mass is 10.2. The Kier molecular flexibility index (Phi) is 3.98. The summed E-state index contributed by atoms with van der Waals surface area (Å²) in [6, 6.07) is 4.28. The normalized spacial score (nSPS) is 23.7. The van der Waals surface area contributed by atoms with E-state index in [1.54, 1.807) is 6.07 Å². The van der Waals surface area contributed by atoms with Crippen molar-refractivity contribution in [2.24, 2.45) is 0 Å². The van der Waals surface area contributed by atoms with E-state index < -0.39 is 0 Å². The molecule has 1 aliphatic rings. The molecule has 0 saturated carbocycles. The van der Waals surface area contributed by atoms with Gasteiger partial charge in [0.2, 0.25) is 0 Å². The maximum atomic E-state index is 12.9. The number of nitrogens with one attached hydrogen (secondary N) is 1. The predicted molar refractivity (Wildman–Crippen MR) is 71.3 cm³/mol. The molecule has 1 N–H and O–H groups in total. The van der Waals surface area contributed by atoms with Gasteiger partial charge in [-0.1, -0.05) is 0 Å². The molecule has 1 fully saturated rings. The first kappa shape index (κ1) is 12.8. The van der Waals surface area contributed by atoms with Crippen molar-refractivity contribution in [1.82, 2.24) is 0 Å². The summed E-state index contributed by atoms with van der Waals surface area (Å²) in [7, 11) is 0. The first-order chi connectivity index (χ1) is 8.06. The summed E-state index contributed by atoms with van der Waals surface area (Å²) in [5.74, 6) is -0.461. The van der Waals surface area contributed by atoms with E-state index in [-0.39, 0.29) is 23.9 Å². The van der Waals surface area contributed by atoms with Crippen LogP contribution < -0.4 is 5.32 Å². The van der Waals surface area contributed by atoms with Gasteiger partial charge in [0.05, 0.1) is 11.8 Å². The number of carbonyl (C=O) groups is 1. The summed E-state index contributed by atoms with van der Waals surface area (Å²) in [5.41, 5.74) is 0.625. The minimum Gasteiger partial charge on any atom is -0.365 e. The summed E-state index contributed by atoms with van der Waals surface area (Å²) < 4.78 is 19.0. The highest BCUT2D eigenvalue weighted by atomic mass is 127. The van der Waals surface area contributed by atoms with E-state index in [0.717, 1.165) is 12.8 Å². The second-order valence-electron chi connectivity index (χ2n) is 4.13. The first-order valence-electron chi connectivity index (χ1n) is 5.47. The highest BCUT2D eigenvalue weighted by Gasteiger charge is 2.28. The molecule has 2 unspecified atom stereocenters. The van der Waals surface area contributed by atoms with Crippen LogP contribution in [0, 0.1) is 9.39 Å². The third kappa shape index (κ3) is 3.16. The minimum absolute atomic E-state index is 0.137. The van der Waals surface area contributed by atoms with E-state index in [0.29, 0.717) is 9.26 Å². The monoisotopic (exact) mass is 349 g/mol. The van der Waals surface area contributed by atoms with Gasteiger partial charge in [0, 0.05) is 3.57 Å². The molecule has 1 aromatic rings. The van der Waals surface area contributed by atoms with Crippen LogP contribution in [0.15, 0.2) is 18.2 Å². The number of anilines is 1. The second kappa shape index (κ2) is 5.30. The molecule has 0 radical (unpaired) electrons. The zero-order chi connectivity index (χ0) is 12.4. The minimum atomic E-state index is -0.383. The highest BCUT2D eigenvalue weighted by Crippen LogP contribution is 2.23. The van der Waals surface area contributed by atoms with E-state index in [1.165, 1.54) is 12.1 Å². The summed E-state index contributed by atoms with van der Waals surface area (Å²) in [6.07, 6.45) is 1.40. The Morgan fingerprint density at radius 1 is 1.53 bits per heavy atom. The van der Waals surface area contributed by atoms with Crippen LogP contribution in [-0.4, -0.2) is 18.1 Å². The lowest BCUT2D eigenvalue weighted by Gasteiger charge is -2.12. The van der Waals surface area contributed by atoms with Crippen molar-refractivity contribution in [2.45, 2.75) is 32.0 Å². The summed E-state index contributed by atoms with van der Waals surface area (Å²) >= 11 is 1.99. The summed E-state index contributed by atoms with van der Waals surface area (Å²) in [4.78, 5) is 11.9. The molecule has 0 aliphatic carbocycles. The Labute approximate surface area is 113 Å². The Balaban J connectivity index is 2.03. The second-order valence-corrected chi connectivity index (χ2v) is 5.29. The average molecular weight is 349 g/mol. The number of halogens is 2. The van der Waals surface area contributed by atoms with Crippen molar-refractivity contribution in [2.75, 3.05) is 5.32 Å². The number of carbonyl (C=O) groups excluding carboxylic acids is 1. The SMILES string of the molecule is CC1CCC(C(=O)Nc2ccc(F)cc2I)O1. The van der Waals surface area contributed by atoms with E-state index in [4.69, 9.17) is 4.74 Å². The third-order valence-electron chi connectivity index (χ3n) is 2.71. The zero-order valence-electron chi connectivity index (χ0n) is 9.37. The lowest BCUT2D eigenvalue weighted by Crippen LogP contribution is -2.28. The Morgan fingerprint density at radius 2 is 2.29 bits per heavy atom. The molecule has 2 rings (SSSR count). The first-order valence-corrected chi connectivity index (χ1v) is 6.55. The Hall–Kier alpha value is -0.690. The highest BCUT2D eigenvalue weighted by molar-refractivity contribution is 14.1. The lowest BCUT2D eigenvalue weighted by molar-refractivity contribution is -0.126. The standard InChI is InChI=1S/C12H13FINO2/c1-7-2-5-11(17-7)12(16)15-10-4-3-8(13)6-9(10)14/h3-4,6-7,11H,2,5H2,1H3,(H,15,16). The Morgan fingerprint density at radius 3 is 2.88 bits per heavy atom. The predicted octanol–water partition coefficient (Wildman–Crippen LogP) is 2.94. The maximum absolute atomic E-state index is 12.9. The van der Waals surface area contributed by atoms with E-state index >= 15 is 0 Å². The van der Waals surface area contributed by atoms with Gasteiger partial charge in [0.25, 0.3) is 5.91 Å². The summed E-state index contributed by atoms with van der Waals surface area (Å²) in [5, 5.41) is 2.76. The van der Waals surface area contributed by atoms with Gasteiger partial charge < -0.3 is 10.1 Å². The fourth-order valence-electron chi connectivity index (χ4n) is 1.80. The van der Waals surface area contributed by atoms with Crippen LogP contribution in [-0.2, 0) is 9.53 Å². The van der Waals surface area contributed by atoms with Gasteiger partial charge >= 0.3 is 0 Å². The maximum Gasteiger partial charge on any atom is 0.253 e. The molecule has 3 nitrogen and oxygen atoms in total. The van der Waals surface area contributed by atoms with E-state index in [2.05, 4.69) is 5.32 Å². The molecule has 1 heterocycles. The molecule has 0 bridgehead atoms. The molecule has 5 heteroatoms. The molecule has 0 aromatic heterocycles. The topological polar surface area (TPSA) is 38.3 Å². The van der Waals surface area contributed by atoms with Gasteiger partial charge in [0.15, 0.2) is 0 Å². The van der Waals surface area contributed by atoms with Crippen molar-refractivity contribution in [3.05, 3.63) is 27.6 Å². The van der Waals surface area contributed by atoms with Crippen molar-refractivity contribution in [1.29, 1.82) is 0 Å². The molecule has 2 atom stereocenters. The van der Waals surface area contributed by atoms with Crippen LogP contribution in [0.4, 0.5) is 10.1 Å². The van der Waals surface area contributed by atoms with Crippen LogP contribution in [0.5, 0.6) is 0 Å². The molecular formula is C12H13FINO2. The molecule has 1 aliphatic heterocycles. The van der Waals surface area contributed by atoms with Crippen LogP contribution in [0.1, 0.15) is 19.8 Å². The molecule has 1 amide bonds. The van der Waals surface area contributed by atoms with Crippen molar-refractivity contribution < 1.29 is 13.9 Å². The molecule has 17 heavy (non-hydrogen) atoms. The van der Waals surface area contributed by atoms with Gasteiger partial charge in [-0.3, -0.25) is 4.79 Å². The van der Waals surface area contributed by atoms with Crippen molar-refractivity contribution >= 4 is 34.2 Å². The molecule has 1 saturated heterocycles. The van der Waals surface area contributed by atoms with Crippen LogP contribution in [0.2, 0.25) is 0 Å². The fourth-order valence-corrected chi connectivity index (χ4v) is 2.41. The summed E-state index contributed by atoms with van der Waals surface area (Å²) in [6.45, 7) is 1.95. The zero-order valence-corrected chi connectivity index (χ0v) is 11.5. The number of ether oxygens (including phenoxy) is 1. The fraction of sp³-hybridized carbons (Fsp3) is 0.417. The number of hydrogen-bond acceptors (Lipinski definition) is 2. The van der Waals surface area contributed by atoms with Gasteiger partial charge in [-0.2, -0.15) is 0 Å².